The summed E-state index contributed by atoms with van der Waals surface area (Å²) in [5.41, 5.74) is -0.208. The van der Waals surface area contributed by atoms with Crippen molar-refractivity contribution in [2.45, 2.75) is 17.4 Å². The molecule has 1 aromatic rings. The molecule has 0 bridgehead atoms. The van der Waals surface area contributed by atoms with Crippen molar-refractivity contribution in [2.75, 3.05) is 20.3 Å². The summed E-state index contributed by atoms with van der Waals surface area (Å²) in [5, 5.41) is 0. The Morgan fingerprint density at radius 1 is 1.50 bits per heavy atom. The number of carbonyl (C=O) groups excluding carboxylic acids is 1. The van der Waals surface area contributed by atoms with Crippen LogP contribution in [0.1, 0.15) is 16.8 Å². The van der Waals surface area contributed by atoms with Crippen molar-refractivity contribution in [3.05, 3.63) is 29.6 Å². The zero-order valence-corrected chi connectivity index (χ0v) is 11.6. The molecular formula is C12H14FNO5S. The molecule has 1 atom stereocenters. The number of rotatable bonds is 4. The van der Waals surface area contributed by atoms with E-state index in [4.69, 9.17) is 4.74 Å². The predicted molar refractivity (Wildman–Crippen MR) is 67.3 cm³/mol. The molecule has 110 valence electrons. The van der Waals surface area contributed by atoms with E-state index in [1.54, 1.807) is 0 Å². The molecule has 0 aromatic heterocycles. The van der Waals surface area contributed by atoms with Crippen molar-refractivity contribution in [1.82, 2.24) is 4.72 Å². The van der Waals surface area contributed by atoms with E-state index < -0.39 is 26.7 Å². The van der Waals surface area contributed by atoms with E-state index in [0.29, 0.717) is 13.0 Å². The third-order valence-corrected chi connectivity index (χ3v) is 4.45. The third kappa shape index (κ3) is 3.14. The Morgan fingerprint density at radius 3 is 2.85 bits per heavy atom. The van der Waals surface area contributed by atoms with Crippen LogP contribution in [0, 0.1) is 5.82 Å². The van der Waals surface area contributed by atoms with E-state index in [2.05, 4.69) is 9.46 Å². The van der Waals surface area contributed by atoms with E-state index in [9.17, 15) is 17.6 Å². The smallest absolute Gasteiger partial charge is 0.339 e. The number of esters is 1. The molecule has 8 heteroatoms. The second kappa shape index (κ2) is 5.86. The second-order valence-electron chi connectivity index (χ2n) is 4.31. The highest BCUT2D eigenvalue weighted by Gasteiger charge is 2.28. The summed E-state index contributed by atoms with van der Waals surface area (Å²) in [6.45, 7) is 0.711. The maximum atomic E-state index is 13.3. The van der Waals surface area contributed by atoms with Crippen molar-refractivity contribution in [2.24, 2.45) is 0 Å². The van der Waals surface area contributed by atoms with Gasteiger partial charge in [0.1, 0.15) is 5.82 Å². The Morgan fingerprint density at radius 2 is 2.25 bits per heavy atom. The average Bonchev–Trinajstić information content (AvgIpc) is 2.90. The molecule has 2 rings (SSSR count). The van der Waals surface area contributed by atoms with Crippen LogP contribution >= 0.6 is 0 Å². The zero-order valence-electron chi connectivity index (χ0n) is 10.8. The lowest BCUT2D eigenvalue weighted by Crippen LogP contribution is -2.35. The molecule has 1 aliphatic rings. The number of sulfonamides is 1. The fourth-order valence-corrected chi connectivity index (χ4v) is 3.37. The van der Waals surface area contributed by atoms with Gasteiger partial charge in [0, 0.05) is 12.6 Å². The molecule has 1 N–H and O–H groups in total. The Kier molecular flexibility index (Phi) is 4.36. The highest BCUT2D eigenvalue weighted by Crippen LogP contribution is 2.19. The Balaban J connectivity index is 2.38. The van der Waals surface area contributed by atoms with Crippen LogP contribution in [-0.2, 0) is 19.5 Å². The molecule has 0 spiro atoms. The topological polar surface area (TPSA) is 81.7 Å². The summed E-state index contributed by atoms with van der Waals surface area (Å²) in [6.07, 6.45) is 0.530. The Bertz CT molecular complexity index is 610. The van der Waals surface area contributed by atoms with Gasteiger partial charge in [0.25, 0.3) is 0 Å². The number of carbonyl (C=O) groups is 1. The minimum atomic E-state index is -4.02. The van der Waals surface area contributed by atoms with Gasteiger partial charge in [0.15, 0.2) is 0 Å². The fourth-order valence-electron chi connectivity index (χ4n) is 1.91. The third-order valence-electron chi connectivity index (χ3n) is 2.89. The molecule has 0 saturated carbocycles. The Hall–Kier alpha value is -1.51. The molecule has 0 radical (unpaired) electrons. The predicted octanol–water partition coefficient (Wildman–Crippen LogP) is 0.679. The van der Waals surface area contributed by atoms with Crippen LogP contribution in [0.4, 0.5) is 4.39 Å². The van der Waals surface area contributed by atoms with Crippen LogP contribution in [0.15, 0.2) is 23.1 Å². The number of methoxy groups -OCH3 is 1. The van der Waals surface area contributed by atoms with Crippen molar-refractivity contribution < 1.29 is 27.1 Å². The molecular weight excluding hydrogens is 289 g/mol. The van der Waals surface area contributed by atoms with Gasteiger partial charge in [-0.15, -0.1) is 0 Å². The summed E-state index contributed by atoms with van der Waals surface area (Å²) in [6, 6.07) is 2.50. The second-order valence-corrected chi connectivity index (χ2v) is 6.00. The van der Waals surface area contributed by atoms with Gasteiger partial charge < -0.3 is 9.47 Å². The van der Waals surface area contributed by atoms with Gasteiger partial charge in [-0.1, -0.05) is 0 Å². The first-order valence-corrected chi connectivity index (χ1v) is 7.40. The van der Waals surface area contributed by atoms with E-state index in [1.807, 2.05) is 0 Å². The maximum Gasteiger partial charge on any atom is 0.339 e. The van der Waals surface area contributed by atoms with Crippen molar-refractivity contribution >= 4 is 16.0 Å². The molecule has 0 aliphatic carbocycles. The number of hydrogen-bond acceptors (Lipinski definition) is 5. The average molecular weight is 303 g/mol. The van der Waals surface area contributed by atoms with Gasteiger partial charge in [-0.05, 0) is 24.6 Å². The minimum absolute atomic E-state index is 0.208. The number of halogens is 1. The lowest BCUT2D eigenvalue weighted by Gasteiger charge is -2.13. The van der Waals surface area contributed by atoms with Crippen LogP contribution in [-0.4, -0.2) is 40.8 Å². The first-order valence-electron chi connectivity index (χ1n) is 5.92. The molecule has 6 nitrogen and oxygen atoms in total. The molecule has 1 aliphatic heterocycles. The van der Waals surface area contributed by atoms with E-state index >= 15 is 0 Å². The summed E-state index contributed by atoms with van der Waals surface area (Å²) < 4.78 is 49.7. The standard InChI is InChI=1S/C12H14FNO5S/c1-18-12(15)10-3-2-8(13)6-11(10)20(16,17)14-9-4-5-19-7-9/h2-3,6,9,14H,4-5,7H2,1H3. The summed E-state index contributed by atoms with van der Waals surface area (Å²) in [5.74, 6) is -1.59. The monoisotopic (exact) mass is 303 g/mol. The molecule has 1 aromatic carbocycles. The van der Waals surface area contributed by atoms with E-state index in [-0.39, 0.29) is 18.2 Å². The summed E-state index contributed by atoms with van der Waals surface area (Å²) >= 11 is 0. The van der Waals surface area contributed by atoms with Gasteiger partial charge in [0.2, 0.25) is 10.0 Å². The van der Waals surface area contributed by atoms with E-state index in [1.165, 1.54) is 0 Å². The molecule has 1 unspecified atom stereocenters. The lowest BCUT2D eigenvalue weighted by molar-refractivity contribution is 0.0596. The Labute approximate surface area is 115 Å². The highest BCUT2D eigenvalue weighted by molar-refractivity contribution is 7.89. The normalized spacial score (nSPS) is 19.0. The zero-order chi connectivity index (χ0) is 14.8. The van der Waals surface area contributed by atoms with Gasteiger partial charge >= 0.3 is 5.97 Å². The molecule has 1 saturated heterocycles. The first-order chi connectivity index (χ1) is 9.44. The van der Waals surface area contributed by atoms with Crippen LogP contribution in [0.25, 0.3) is 0 Å². The number of nitrogens with one attached hydrogen (secondary N) is 1. The highest BCUT2D eigenvalue weighted by atomic mass is 32.2. The molecule has 20 heavy (non-hydrogen) atoms. The number of benzene rings is 1. The minimum Gasteiger partial charge on any atom is -0.465 e. The summed E-state index contributed by atoms with van der Waals surface area (Å²) in [7, 11) is -2.90. The SMILES string of the molecule is COC(=O)c1ccc(F)cc1S(=O)(=O)NC1CCOC1. The maximum absolute atomic E-state index is 13.3. The lowest BCUT2D eigenvalue weighted by atomic mass is 10.2. The van der Waals surface area contributed by atoms with Crippen LogP contribution in [0.2, 0.25) is 0 Å². The van der Waals surface area contributed by atoms with Crippen molar-refractivity contribution in [1.29, 1.82) is 0 Å². The first kappa shape index (κ1) is 14.9. The number of hydrogen-bond donors (Lipinski definition) is 1. The largest absolute Gasteiger partial charge is 0.465 e. The fraction of sp³-hybridized carbons (Fsp3) is 0.417. The van der Waals surface area contributed by atoms with Crippen molar-refractivity contribution in [3.63, 3.8) is 0 Å². The van der Waals surface area contributed by atoms with Gasteiger partial charge in [0.05, 0.1) is 24.2 Å². The van der Waals surface area contributed by atoms with Crippen LogP contribution in [0.3, 0.4) is 0 Å². The molecule has 1 fully saturated rings. The van der Waals surface area contributed by atoms with E-state index in [0.717, 1.165) is 25.3 Å². The van der Waals surface area contributed by atoms with Crippen molar-refractivity contribution in [3.8, 4) is 0 Å². The molecule has 1 heterocycles. The quantitative estimate of drug-likeness (QED) is 0.827. The van der Waals surface area contributed by atoms with Crippen LogP contribution < -0.4 is 4.72 Å². The van der Waals surface area contributed by atoms with Gasteiger partial charge in [-0.2, -0.15) is 0 Å². The number of ether oxygens (including phenoxy) is 2. The van der Waals surface area contributed by atoms with Gasteiger partial charge in [-0.3, -0.25) is 0 Å². The summed E-state index contributed by atoms with van der Waals surface area (Å²) in [4.78, 5) is 11.1. The van der Waals surface area contributed by atoms with Crippen LogP contribution in [0.5, 0.6) is 0 Å². The van der Waals surface area contributed by atoms with Gasteiger partial charge in [-0.25, -0.2) is 22.3 Å². The molecule has 0 amide bonds.